The number of ether oxygens (including phenoxy) is 2. The number of aliphatic carboxylic acids is 1. The molecule has 0 heterocycles. The summed E-state index contributed by atoms with van der Waals surface area (Å²) in [4.78, 5) is 38.4. The summed E-state index contributed by atoms with van der Waals surface area (Å²) in [6, 6.07) is 0. The van der Waals surface area contributed by atoms with E-state index in [2.05, 4.69) is 48.1 Å². The first-order valence-electron chi connectivity index (χ1n) is 18.9. The third-order valence-corrected chi connectivity index (χ3v) is 15.7. The van der Waals surface area contributed by atoms with Gasteiger partial charge in [0.25, 0.3) is 0 Å². The highest BCUT2D eigenvalue weighted by atomic mass is 16.5. The van der Waals surface area contributed by atoms with Gasteiger partial charge in [-0.25, -0.2) is 0 Å². The van der Waals surface area contributed by atoms with Crippen molar-refractivity contribution in [3.63, 3.8) is 0 Å². The van der Waals surface area contributed by atoms with Crippen molar-refractivity contribution in [1.29, 1.82) is 0 Å². The van der Waals surface area contributed by atoms with Crippen LogP contribution in [0.2, 0.25) is 0 Å². The SMILES string of the molecule is C=C(C)[C@@H]1CCC2(C(=O)OC(C)C)CC[C@]3(C)C(CCC4C5(C)CCC(OC(=O)CC(C)(C)CCC(=O)O)C(C)(C)C5CCC43C)C12. The molecule has 0 aromatic heterocycles. The summed E-state index contributed by atoms with van der Waals surface area (Å²) in [6.07, 6.45) is 11.1. The molecule has 6 nitrogen and oxygen atoms in total. The zero-order valence-corrected chi connectivity index (χ0v) is 31.4. The van der Waals surface area contributed by atoms with Crippen molar-refractivity contribution in [1.82, 2.24) is 0 Å². The minimum absolute atomic E-state index is 0.0474. The Labute approximate surface area is 285 Å². The van der Waals surface area contributed by atoms with Crippen molar-refractivity contribution >= 4 is 17.9 Å². The smallest absolute Gasteiger partial charge is 0.312 e. The molecule has 0 aromatic carbocycles. The molecule has 0 bridgehead atoms. The highest BCUT2D eigenvalue weighted by Crippen LogP contribution is 2.77. The zero-order chi connectivity index (χ0) is 35.0. The first-order chi connectivity index (χ1) is 21.6. The second-order valence-corrected chi connectivity index (χ2v) is 19.4. The maximum atomic E-state index is 14.0. The van der Waals surface area contributed by atoms with Crippen LogP contribution >= 0.6 is 0 Å². The van der Waals surface area contributed by atoms with Crippen LogP contribution in [0.15, 0.2) is 12.2 Å². The van der Waals surface area contributed by atoms with Gasteiger partial charge in [-0.3, -0.25) is 14.4 Å². The predicted molar refractivity (Wildman–Crippen MR) is 185 cm³/mol. The summed E-state index contributed by atoms with van der Waals surface area (Å²) in [5, 5.41) is 9.15. The molecule has 0 aromatic rings. The first-order valence-corrected chi connectivity index (χ1v) is 18.9. The molecule has 5 aliphatic rings. The van der Waals surface area contributed by atoms with E-state index in [1.54, 1.807) is 0 Å². The Balaban J connectivity index is 1.39. The molecule has 6 heteroatoms. The molecule has 5 aliphatic carbocycles. The average Bonchev–Trinajstić information content (AvgIpc) is 3.35. The van der Waals surface area contributed by atoms with E-state index in [-0.39, 0.29) is 64.1 Å². The summed E-state index contributed by atoms with van der Waals surface area (Å²) in [6.45, 7) is 27.0. The molecule has 266 valence electrons. The molecule has 0 saturated heterocycles. The molecule has 8 unspecified atom stereocenters. The number of rotatable bonds is 9. The van der Waals surface area contributed by atoms with Crippen LogP contribution in [0, 0.1) is 62.1 Å². The lowest BCUT2D eigenvalue weighted by molar-refractivity contribution is -0.251. The van der Waals surface area contributed by atoms with Gasteiger partial charge in [0, 0.05) is 11.8 Å². The molecule has 10 atom stereocenters. The predicted octanol–water partition coefficient (Wildman–Crippen LogP) is 9.79. The van der Waals surface area contributed by atoms with Gasteiger partial charge in [-0.2, -0.15) is 0 Å². The molecule has 5 rings (SSSR count). The number of carboxylic acids is 1. The Bertz CT molecular complexity index is 1260. The van der Waals surface area contributed by atoms with Gasteiger partial charge in [-0.1, -0.05) is 60.6 Å². The number of carboxylic acid groups (broad SMARTS) is 1. The minimum atomic E-state index is -0.827. The zero-order valence-electron chi connectivity index (χ0n) is 31.4. The number of allylic oxidation sites excluding steroid dienone is 1. The Morgan fingerprint density at radius 2 is 1.55 bits per heavy atom. The fourth-order valence-corrected chi connectivity index (χ4v) is 13.1. The van der Waals surface area contributed by atoms with Crippen LogP contribution in [0.4, 0.5) is 0 Å². The summed E-state index contributed by atoms with van der Waals surface area (Å²) in [5.41, 5.74) is 0.772. The van der Waals surface area contributed by atoms with E-state index in [1.165, 1.54) is 18.4 Å². The van der Waals surface area contributed by atoms with Gasteiger partial charge in [-0.05, 0) is 143 Å². The second-order valence-electron chi connectivity index (χ2n) is 19.4. The maximum Gasteiger partial charge on any atom is 0.312 e. The molecule has 0 spiro atoms. The first kappa shape index (κ1) is 36.4. The highest BCUT2D eigenvalue weighted by molar-refractivity contribution is 5.78. The summed E-state index contributed by atoms with van der Waals surface area (Å²) in [5.74, 6) is 1.23. The lowest BCUT2D eigenvalue weighted by Crippen LogP contribution is -2.67. The lowest BCUT2D eigenvalue weighted by Gasteiger charge is -2.72. The Morgan fingerprint density at radius 1 is 0.872 bits per heavy atom. The molecule has 0 radical (unpaired) electrons. The second kappa shape index (κ2) is 12.2. The third-order valence-electron chi connectivity index (χ3n) is 15.7. The van der Waals surface area contributed by atoms with E-state index in [0.29, 0.717) is 36.0 Å². The fraction of sp³-hybridized carbons (Fsp3) is 0.878. The fourth-order valence-electron chi connectivity index (χ4n) is 13.1. The van der Waals surface area contributed by atoms with Gasteiger partial charge in [-0.15, -0.1) is 0 Å². The third kappa shape index (κ3) is 5.81. The summed E-state index contributed by atoms with van der Waals surface area (Å²) < 4.78 is 12.3. The van der Waals surface area contributed by atoms with Gasteiger partial charge >= 0.3 is 17.9 Å². The van der Waals surface area contributed by atoms with Crippen molar-refractivity contribution in [3.8, 4) is 0 Å². The average molecular weight is 655 g/mol. The van der Waals surface area contributed by atoms with Crippen LogP contribution in [-0.4, -0.2) is 35.2 Å². The molecule has 1 N–H and O–H groups in total. The molecular formula is C41H66O6. The van der Waals surface area contributed by atoms with Crippen molar-refractivity contribution in [2.75, 3.05) is 0 Å². The molecule has 47 heavy (non-hydrogen) atoms. The van der Waals surface area contributed by atoms with Gasteiger partial charge in [0.1, 0.15) is 6.10 Å². The van der Waals surface area contributed by atoms with E-state index in [4.69, 9.17) is 14.6 Å². The van der Waals surface area contributed by atoms with Crippen molar-refractivity contribution in [3.05, 3.63) is 12.2 Å². The summed E-state index contributed by atoms with van der Waals surface area (Å²) in [7, 11) is 0. The quantitative estimate of drug-likeness (QED) is 0.197. The van der Waals surface area contributed by atoms with Crippen LogP contribution in [0.3, 0.4) is 0 Å². The van der Waals surface area contributed by atoms with E-state index >= 15 is 0 Å². The van der Waals surface area contributed by atoms with Crippen LogP contribution in [0.25, 0.3) is 0 Å². The minimum Gasteiger partial charge on any atom is -0.481 e. The Kier molecular flexibility index (Phi) is 9.44. The number of carbonyl (C=O) groups is 3. The van der Waals surface area contributed by atoms with Gasteiger partial charge in [0.05, 0.1) is 17.9 Å². The van der Waals surface area contributed by atoms with E-state index in [1.807, 2.05) is 27.7 Å². The lowest BCUT2D eigenvalue weighted by atomic mass is 9.32. The number of hydrogen-bond acceptors (Lipinski definition) is 5. The number of hydrogen-bond donors (Lipinski definition) is 1. The normalized spacial score (nSPS) is 42.4. The van der Waals surface area contributed by atoms with Crippen LogP contribution in [-0.2, 0) is 23.9 Å². The van der Waals surface area contributed by atoms with Crippen molar-refractivity contribution < 1.29 is 29.0 Å². The standard InChI is InChI=1S/C41H66O6/c1-25(2)27-14-21-41(35(45)46-26(3)4)23-22-39(10)28(34(27)41)12-13-30-38(9)19-16-31(37(7,8)29(38)15-20-40(30,39)11)47-33(44)24-36(5,6)18-17-32(42)43/h26-31,34H,1,12-24H2,2-11H3,(H,42,43)/t27-,28?,29?,30?,31?,34?,38?,39+,40?,41?/m0/s1. The van der Waals surface area contributed by atoms with E-state index in [9.17, 15) is 14.4 Å². The molecule has 5 fully saturated rings. The number of fused-ring (bicyclic) bond motifs is 7. The van der Waals surface area contributed by atoms with Crippen LogP contribution in [0.5, 0.6) is 0 Å². The van der Waals surface area contributed by atoms with Crippen molar-refractivity contribution in [2.24, 2.45) is 62.1 Å². The van der Waals surface area contributed by atoms with Gasteiger partial charge in [0.2, 0.25) is 0 Å². The topological polar surface area (TPSA) is 89.9 Å². The van der Waals surface area contributed by atoms with Crippen LogP contribution < -0.4 is 0 Å². The van der Waals surface area contributed by atoms with Crippen LogP contribution in [0.1, 0.15) is 153 Å². The largest absolute Gasteiger partial charge is 0.481 e. The molecular weight excluding hydrogens is 588 g/mol. The van der Waals surface area contributed by atoms with E-state index in [0.717, 1.165) is 51.4 Å². The molecule has 0 aliphatic heterocycles. The molecule has 5 saturated carbocycles. The van der Waals surface area contributed by atoms with E-state index < -0.39 is 11.4 Å². The monoisotopic (exact) mass is 654 g/mol. The highest BCUT2D eigenvalue weighted by Gasteiger charge is 2.72. The maximum absolute atomic E-state index is 14.0. The van der Waals surface area contributed by atoms with Gasteiger partial charge in [0.15, 0.2) is 0 Å². The summed E-state index contributed by atoms with van der Waals surface area (Å²) >= 11 is 0. The molecule has 0 amide bonds. The van der Waals surface area contributed by atoms with Crippen molar-refractivity contribution in [2.45, 2.75) is 165 Å². The number of esters is 2. The number of carbonyl (C=O) groups excluding carboxylic acids is 2. The Morgan fingerprint density at radius 3 is 2.17 bits per heavy atom. The van der Waals surface area contributed by atoms with Gasteiger partial charge < -0.3 is 14.6 Å². The Hall–Kier alpha value is -1.85.